The third kappa shape index (κ3) is 7.15. The molecule has 39 heavy (non-hydrogen) atoms. The Morgan fingerprint density at radius 3 is 2.18 bits per heavy atom. The maximum Gasteiger partial charge on any atom is 0.247 e. The number of nitrogens with two attached hydrogens (primary N) is 1. The van der Waals surface area contributed by atoms with Crippen LogP contribution in [0.25, 0.3) is 0 Å². The lowest BCUT2D eigenvalue weighted by molar-refractivity contribution is -0.123. The molecule has 0 heterocycles. The normalized spacial score (nSPS) is 12.2. The Bertz CT molecular complexity index is 1380. The van der Waals surface area contributed by atoms with Gasteiger partial charge in [0, 0.05) is 11.3 Å². The van der Waals surface area contributed by atoms with Gasteiger partial charge in [-0.15, -0.1) is 0 Å². The summed E-state index contributed by atoms with van der Waals surface area (Å²) in [5.41, 5.74) is 9.27. The number of amides is 1. The van der Waals surface area contributed by atoms with Crippen LogP contribution in [0.15, 0.2) is 103 Å². The SMILES string of the molecule is COc1cc([C@@H](Nc2ccc(C(=N)N)cc2)C(=O)N[C@H](CO)c2ccccc2)ccc1OCc1ccccc1. The standard InChI is InChI=1S/C31H32N4O4/c1-38-28-18-24(14-17-27(28)39-20-21-8-4-2-5-9-21)29(34-25-15-12-23(13-16-25)30(32)33)31(37)35-26(19-36)22-10-6-3-7-11-22/h2-18,26,29,34,36H,19-20H2,1H3,(H3,32,33)(H,35,37)/t26-,29-/m1/s1. The molecule has 200 valence electrons. The molecular formula is C31H32N4O4. The molecule has 0 fully saturated rings. The van der Waals surface area contributed by atoms with Crippen molar-refractivity contribution in [3.8, 4) is 11.5 Å². The Balaban J connectivity index is 1.61. The number of anilines is 1. The van der Waals surface area contributed by atoms with E-state index in [-0.39, 0.29) is 18.3 Å². The molecule has 0 radical (unpaired) electrons. The monoisotopic (exact) mass is 524 g/mol. The van der Waals surface area contributed by atoms with Crippen LogP contribution in [0.5, 0.6) is 11.5 Å². The van der Waals surface area contributed by atoms with Gasteiger partial charge in [-0.1, -0.05) is 66.7 Å². The quantitative estimate of drug-likeness (QED) is 0.136. The van der Waals surface area contributed by atoms with Crippen molar-refractivity contribution in [2.45, 2.75) is 18.7 Å². The molecule has 0 unspecified atom stereocenters. The molecule has 4 rings (SSSR count). The highest BCUT2D eigenvalue weighted by atomic mass is 16.5. The smallest absolute Gasteiger partial charge is 0.247 e. The highest BCUT2D eigenvalue weighted by Gasteiger charge is 2.25. The molecule has 8 nitrogen and oxygen atoms in total. The number of nitrogen functional groups attached to an aromatic ring is 1. The fourth-order valence-electron chi connectivity index (χ4n) is 4.11. The van der Waals surface area contributed by atoms with Gasteiger partial charge in [0.25, 0.3) is 0 Å². The first-order valence-electron chi connectivity index (χ1n) is 12.5. The molecule has 0 bridgehead atoms. The molecule has 0 aliphatic heterocycles. The van der Waals surface area contributed by atoms with Crippen LogP contribution in [-0.2, 0) is 11.4 Å². The van der Waals surface area contributed by atoms with Crippen molar-refractivity contribution in [1.29, 1.82) is 5.41 Å². The van der Waals surface area contributed by atoms with Crippen molar-refractivity contribution in [1.82, 2.24) is 5.32 Å². The Hall–Kier alpha value is -4.82. The first-order chi connectivity index (χ1) is 19.0. The van der Waals surface area contributed by atoms with Gasteiger partial charge in [-0.25, -0.2) is 0 Å². The molecule has 0 saturated heterocycles. The van der Waals surface area contributed by atoms with Crippen molar-refractivity contribution < 1.29 is 19.4 Å². The van der Waals surface area contributed by atoms with Gasteiger partial charge in [0.05, 0.1) is 19.8 Å². The van der Waals surface area contributed by atoms with E-state index in [0.717, 1.165) is 11.1 Å². The number of hydrogen-bond donors (Lipinski definition) is 5. The largest absolute Gasteiger partial charge is 0.493 e. The van der Waals surface area contributed by atoms with Crippen molar-refractivity contribution in [3.05, 3.63) is 125 Å². The van der Waals surface area contributed by atoms with E-state index in [0.29, 0.717) is 34.9 Å². The lowest BCUT2D eigenvalue weighted by Gasteiger charge is -2.24. The fourth-order valence-corrected chi connectivity index (χ4v) is 4.11. The maximum atomic E-state index is 13.7. The Labute approximate surface area is 227 Å². The number of hydrogen-bond acceptors (Lipinski definition) is 6. The van der Waals surface area contributed by atoms with Crippen molar-refractivity contribution in [2.24, 2.45) is 5.73 Å². The summed E-state index contributed by atoms with van der Waals surface area (Å²) in [4.78, 5) is 13.7. The number of amidine groups is 1. The Kier molecular flexibility index (Phi) is 9.16. The first kappa shape index (κ1) is 27.2. The average Bonchev–Trinajstić information content (AvgIpc) is 2.98. The molecule has 6 N–H and O–H groups in total. The Morgan fingerprint density at radius 1 is 0.897 bits per heavy atom. The van der Waals surface area contributed by atoms with E-state index in [1.807, 2.05) is 60.7 Å². The zero-order valence-electron chi connectivity index (χ0n) is 21.6. The van der Waals surface area contributed by atoms with Crippen molar-refractivity contribution >= 4 is 17.4 Å². The molecule has 0 aliphatic rings. The van der Waals surface area contributed by atoms with E-state index in [9.17, 15) is 9.90 Å². The molecule has 1 amide bonds. The summed E-state index contributed by atoms with van der Waals surface area (Å²) >= 11 is 0. The first-order valence-corrected chi connectivity index (χ1v) is 12.5. The second kappa shape index (κ2) is 13.1. The van der Waals surface area contributed by atoms with Gasteiger partial charge >= 0.3 is 0 Å². The summed E-state index contributed by atoms with van der Waals surface area (Å²) in [6.07, 6.45) is 0. The molecule has 4 aromatic rings. The fraction of sp³-hybridized carbons (Fsp3) is 0.161. The summed E-state index contributed by atoms with van der Waals surface area (Å²) < 4.78 is 11.6. The second-order valence-corrected chi connectivity index (χ2v) is 8.91. The number of benzene rings is 4. The molecule has 8 heteroatoms. The number of aliphatic hydroxyl groups is 1. The van der Waals surface area contributed by atoms with Crippen LogP contribution in [0, 0.1) is 5.41 Å². The molecule has 0 aromatic heterocycles. The van der Waals surface area contributed by atoms with Crippen LogP contribution in [0.2, 0.25) is 0 Å². The number of carbonyl (C=O) groups is 1. The number of ether oxygens (including phenoxy) is 2. The van der Waals surface area contributed by atoms with E-state index in [4.69, 9.17) is 20.6 Å². The highest BCUT2D eigenvalue weighted by Crippen LogP contribution is 2.33. The van der Waals surface area contributed by atoms with Crippen LogP contribution < -0.4 is 25.8 Å². The summed E-state index contributed by atoms with van der Waals surface area (Å²) in [6, 6.07) is 30.0. The predicted molar refractivity (Wildman–Crippen MR) is 152 cm³/mol. The molecule has 0 spiro atoms. The number of nitrogens with one attached hydrogen (secondary N) is 3. The number of carbonyl (C=O) groups excluding carboxylic acids is 1. The van der Waals surface area contributed by atoms with E-state index < -0.39 is 12.1 Å². The van der Waals surface area contributed by atoms with Gasteiger partial charge < -0.3 is 30.9 Å². The molecule has 0 aliphatic carbocycles. The number of rotatable bonds is 12. The highest BCUT2D eigenvalue weighted by molar-refractivity contribution is 5.95. The Morgan fingerprint density at radius 2 is 1.56 bits per heavy atom. The number of methoxy groups -OCH3 is 1. The van der Waals surface area contributed by atoms with Gasteiger partial charge in [-0.2, -0.15) is 0 Å². The van der Waals surface area contributed by atoms with Gasteiger partial charge in [-0.05, 0) is 53.1 Å². The minimum absolute atomic E-state index is 0.0414. The zero-order chi connectivity index (χ0) is 27.6. The third-order valence-corrected chi connectivity index (χ3v) is 6.23. The predicted octanol–water partition coefficient (Wildman–Crippen LogP) is 4.56. The van der Waals surface area contributed by atoms with Gasteiger partial charge in [0.2, 0.25) is 5.91 Å². The molecule has 2 atom stereocenters. The van der Waals surface area contributed by atoms with E-state index in [1.165, 1.54) is 0 Å². The summed E-state index contributed by atoms with van der Waals surface area (Å²) in [7, 11) is 1.55. The van der Waals surface area contributed by atoms with Gasteiger partial charge in [-0.3, -0.25) is 10.2 Å². The topological polar surface area (TPSA) is 130 Å². The lowest BCUT2D eigenvalue weighted by Crippen LogP contribution is -2.37. The van der Waals surface area contributed by atoms with Crippen molar-refractivity contribution in [2.75, 3.05) is 19.0 Å². The van der Waals surface area contributed by atoms with E-state index in [1.54, 1.807) is 49.6 Å². The van der Waals surface area contributed by atoms with Crippen molar-refractivity contribution in [3.63, 3.8) is 0 Å². The van der Waals surface area contributed by atoms with Crippen LogP contribution in [0.3, 0.4) is 0 Å². The van der Waals surface area contributed by atoms with E-state index in [2.05, 4.69) is 10.6 Å². The molecular weight excluding hydrogens is 492 g/mol. The van der Waals surface area contributed by atoms with Crippen LogP contribution in [-0.4, -0.2) is 30.6 Å². The van der Waals surface area contributed by atoms with Crippen LogP contribution in [0.4, 0.5) is 5.69 Å². The molecule has 4 aromatic carbocycles. The van der Waals surface area contributed by atoms with Gasteiger partial charge in [0.15, 0.2) is 11.5 Å². The summed E-state index contributed by atoms with van der Waals surface area (Å²) in [5, 5.41) is 23.9. The third-order valence-electron chi connectivity index (χ3n) is 6.23. The van der Waals surface area contributed by atoms with E-state index >= 15 is 0 Å². The zero-order valence-corrected chi connectivity index (χ0v) is 21.6. The summed E-state index contributed by atoms with van der Waals surface area (Å²) in [5.74, 6) is 0.651. The van der Waals surface area contributed by atoms with Crippen LogP contribution >= 0.6 is 0 Å². The van der Waals surface area contributed by atoms with Crippen LogP contribution in [0.1, 0.15) is 34.3 Å². The lowest BCUT2D eigenvalue weighted by atomic mass is 10.0. The average molecular weight is 525 g/mol. The van der Waals surface area contributed by atoms with Gasteiger partial charge in [0.1, 0.15) is 18.5 Å². The minimum Gasteiger partial charge on any atom is -0.493 e. The number of aliphatic hydroxyl groups excluding tert-OH is 1. The minimum atomic E-state index is -0.831. The maximum absolute atomic E-state index is 13.7. The summed E-state index contributed by atoms with van der Waals surface area (Å²) in [6.45, 7) is 0.113. The molecule has 0 saturated carbocycles. The second-order valence-electron chi connectivity index (χ2n) is 8.91.